The zero-order valence-electron chi connectivity index (χ0n) is 13.0. The van der Waals surface area contributed by atoms with Crippen molar-refractivity contribution in [3.63, 3.8) is 0 Å². The lowest BCUT2D eigenvalue weighted by molar-refractivity contribution is -0.155. The Hall–Kier alpha value is -2.36. The topological polar surface area (TPSA) is 117 Å². The molecule has 23 heavy (non-hydrogen) atoms. The monoisotopic (exact) mass is 324 g/mol. The number of hydrogen-bond donors (Lipinski definition) is 1. The second kappa shape index (κ2) is 6.82. The molecule has 1 fully saturated rings. The first-order valence-corrected chi connectivity index (χ1v) is 7.06. The number of rotatable bonds is 4. The summed E-state index contributed by atoms with van der Waals surface area (Å²) in [6.07, 6.45) is -0.493. The zero-order chi connectivity index (χ0) is 17.1. The van der Waals surface area contributed by atoms with Gasteiger partial charge in [-0.3, -0.25) is 23.9 Å². The average molecular weight is 324 g/mol. The molecule has 1 aromatic heterocycles. The van der Waals surface area contributed by atoms with Gasteiger partial charge >= 0.3 is 17.6 Å². The largest absolute Gasteiger partial charge is 0.463 e. The summed E-state index contributed by atoms with van der Waals surface area (Å²) in [7, 11) is 1.56. The van der Waals surface area contributed by atoms with Crippen molar-refractivity contribution in [3.05, 3.63) is 27.0 Å². The van der Waals surface area contributed by atoms with Gasteiger partial charge in [0.25, 0.3) is 0 Å². The normalized spacial score (nSPS) is 23.5. The molecule has 0 aromatic carbocycles. The van der Waals surface area contributed by atoms with E-state index in [1.165, 1.54) is 24.6 Å². The fraction of sp³-hybridized carbons (Fsp3) is 0.538. The third kappa shape index (κ3) is 4.10. The van der Waals surface area contributed by atoms with E-state index in [0.29, 0.717) is 5.46 Å². The lowest BCUT2D eigenvalue weighted by Crippen LogP contribution is -2.41. The SMILES string of the molecule is Bc1cn([C@H]2CC(OC(C)=O)[C@@H](COC(C)=O)O2)c(=O)[nH]c1=O. The summed E-state index contributed by atoms with van der Waals surface area (Å²) in [6.45, 7) is 2.41. The van der Waals surface area contributed by atoms with Crippen molar-refractivity contribution < 1.29 is 23.8 Å². The third-order valence-corrected chi connectivity index (χ3v) is 3.40. The van der Waals surface area contributed by atoms with Gasteiger partial charge in [0.1, 0.15) is 32.9 Å². The molecule has 1 aromatic rings. The highest BCUT2D eigenvalue weighted by Crippen LogP contribution is 2.30. The van der Waals surface area contributed by atoms with Gasteiger partial charge in [-0.15, -0.1) is 0 Å². The molecule has 1 aliphatic rings. The van der Waals surface area contributed by atoms with Crippen LogP contribution >= 0.6 is 0 Å². The smallest absolute Gasteiger partial charge is 0.330 e. The molecule has 1 N–H and O–H groups in total. The van der Waals surface area contributed by atoms with Gasteiger partial charge in [0.2, 0.25) is 5.56 Å². The third-order valence-electron chi connectivity index (χ3n) is 3.40. The first kappa shape index (κ1) is 17.0. The number of ether oxygens (including phenoxy) is 3. The molecule has 1 aliphatic heterocycles. The van der Waals surface area contributed by atoms with Crippen LogP contribution in [0.3, 0.4) is 0 Å². The van der Waals surface area contributed by atoms with E-state index in [9.17, 15) is 19.2 Å². The lowest BCUT2D eigenvalue weighted by atomic mass is 10.0. The van der Waals surface area contributed by atoms with Gasteiger partial charge in [0.05, 0.1) is 0 Å². The maximum Gasteiger partial charge on any atom is 0.330 e. The number of nitrogens with one attached hydrogen (secondary N) is 1. The molecule has 124 valence electrons. The van der Waals surface area contributed by atoms with Gasteiger partial charge < -0.3 is 14.2 Å². The molecule has 0 bridgehead atoms. The Morgan fingerprint density at radius 1 is 1.39 bits per heavy atom. The van der Waals surface area contributed by atoms with E-state index in [1.807, 2.05) is 0 Å². The standard InChI is InChI=1S/C13H17BN2O7/c1-6(17)21-5-10-9(22-7(2)18)3-11(23-10)16-4-8(14)12(19)15-13(16)20/h4,9-11H,3,5,14H2,1-2H3,(H,15,19,20)/t9?,10-,11-/m1/s1. The molecule has 3 atom stereocenters. The van der Waals surface area contributed by atoms with Crippen LogP contribution in [0.1, 0.15) is 26.5 Å². The van der Waals surface area contributed by atoms with E-state index in [0.717, 1.165) is 0 Å². The maximum absolute atomic E-state index is 11.9. The molecule has 0 spiro atoms. The van der Waals surface area contributed by atoms with Gasteiger partial charge in [0.15, 0.2) is 0 Å². The van der Waals surface area contributed by atoms with E-state index in [2.05, 4.69) is 4.98 Å². The molecule has 2 heterocycles. The van der Waals surface area contributed by atoms with Crippen LogP contribution in [0.25, 0.3) is 0 Å². The second-order valence-electron chi connectivity index (χ2n) is 5.29. The number of nitrogens with zero attached hydrogens (tertiary/aromatic N) is 1. The molecular weight excluding hydrogens is 307 g/mol. The van der Waals surface area contributed by atoms with Crippen molar-refractivity contribution in [1.29, 1.82) is 0 Å². The average Bonchev–Trinajstić information content (AvgIpc) is 2.82. The molecule has 10 heteroatoms. The highest BCUT2D eigenvalue weighted by Gasteiger charge is 2.39. The minimum atomic E-state index is -0.733. The summed E-state index contributed by atoms with van der Waals surface area (Å²) in [6, 6.07) is 0. The number of H-pyrrole nitrogens is 1. The zero-order valence-corrected chi connectivity index (χ0v) is 13.0. The Morgan fingerprint density at radius 3 is 2.70 bits per heavy atom. The van der Waals surface area contributed by atoms with E-state index in [-0.39, 0.29) is 13.0 Å². The van der Waals surface area contributed by atoms with Crippen LogP contribution in [0, 0.1) is 0 Å². The van der Waals surface area contributed by atoms with Crippen molar-refractivity contribution in [3.8, 4) is 0 Å². The Morgan fingerprint density at radius 2 is 2.09 bits per heavy atom. The maximum atomic E-state index is 11.9. The molecule has 2 rings (SSSR count). The molecule has 0 aliphatic carbocycles. The van der Waals surface area contributed by atoms with Crippen molar-refractivity contribution in [2.75, 3.05) is 6.61 Å². The fourth-order valence-electron chi connectivity index (χ4n) is 2.36. The van der Waals surface area contributed by atoms with Crippen molar-refractivity contribution in [1.82, 2.24) is 9.55 Å². The number of aromatic nitrogens is 2. The van der Waals surface area contributed by atoms with Crippen molar-refractivity contribution in [2.24, 2.45) is 0 Å². The van der Waals surface area contributed by atoms with E-state index >= 15 is 0 Å². The van der Waals surface area contributed by atoms with Gasteiger partial charge in [-0.05, 0) is 5.46 Å². The minimum Gasteiger partial charge on any atom is -0.463 e. The number of esters is 2. The van der Waals surface area contributed by atoms with Gasteiger partial charge in [-0.2, -0.15) is 0 Å². The van der Waals surface area contributed by atoms with Crippen molar-refractivity contribution >= 4 is 25.2 Å². The molecule has 9 nitrogen and oxygen atoms in total. The second-order valence-corrected chi connectivity index (χ2v) is 5.29. The van der Waals surface area contributed by atoms with Gasteiger partial charge in [0, 0.05) is 26.5 Å². The Kier molecular flexibility index (Phi) is 5.04. The minimum absolute atomic E-state index is 0.0964. The molecule has 0 amide bonds. The summed E-state index contributed by atoms with van der Waals surface area (Å²) in [5.74, 6) is -0.993. The predicted molar refractivity (Wildman–Crippen MR) is 80.2 cm³/mol. The van der Waals surface area contributed by atoms with E-state index in [1.54, 1.807) is 7.85 Å². The lowest BCUT2D eigenvalue weighted by Gasteiger charge is -2.17. The predicted octanol–water partition coefficient (Wildman–Crippen LogP) is -2.42. The quantitative estimate of drug-likeness (QED) is 0.484. The van der Waals surface area contributed by atoms with Crippen LogP contribution in [-0.2, 0) is 23.8 Å². The number of carbonyl (C=O) groups is 2. The number of aromatic amines is 1. The fourth-order valence-corrected chi connectivity index (χ4v) is 2.36. The summed E-state index contributed by atoms with van der Waals surface area (Å²) >= 11 is 0. The van der Waals surface area contributed by atoms with Crippen LogP contribution in [-0.4, -0.2) is 48.2 Å². The van der Waals surface area contributed by atoms with E-state index in [4.69, 9.17) is 14.2 Å². The number of hydrogen-bond acceptors (Lipinski definition) is 7. The van der Waals surface area contributed by atoms with Crippen LogP contribution in [0.5, 0.6) is 0 Å². The summed E-state index contributed by atoms with van der Waals surface area (Å²) in [5, 5.41) is 0. The molecule has 0 saturated carbocycles. The molecule has 1 saturated heterocycles. The summed E-state index contributed by atoms with van der Waals surface area (Å²) < 4.78 is 17.0. The van der Waals surface area contributed by atoms with Crippen LogP contribution in [0.4, 0.5) is 0 Å². The van der Waals surface area contributed by atoms with Gasteiger partial charge in [-0.1, -0.05) is 0 Å². The first-order valence-electron chi connectivity index (χ1n) is 7.06. The van der Waals surface area contributed by atoms with Crippen molar-refractivity contribution in [2.45, 2.75) is 38.7 Å². The highest BCUT2D eigenvalue weighted by atomic mass is 16.6. The Labute approximate surface area is 131 Å². The van der Waals surface area contributed by atoms with Crippen LogP contribution in [0.15, 0.2) is 15.8 Å². The van der Waals surface area contributed by atoms with Crippen LogP contribution < -0.4 is 16.7 Å². The summed E-state index contributed by atoms with van der Waals surface area (Å²) in [4.78, 5) is 47.6. The van der Waals surface area contributed by atoms with Crippen LogP contribution in [0.2, 0.25) is 0 Å². The van der Waals surface area contributed by atoms with E-state index < -0.39 is 41.6 Å². The number of carbonyl (C=O) groups excluding carboxylic acids is 2. The molecule has 0 radical (unpaired) electrons. The summed E-state index contributed by atoms with van der Waals surface area (Å²) in [5.41, 5.74) is -0.752. The Balaban J connectivity index is 2.23. The highest BCUT2D eigenvalue weighted by molar-refractivity contribution is 6.31. The van der Waals surface area contributed by atoms with Gasteiger partial charge in [-0.25, -0.2) is 4.79 Å². The Bertz CT molecular complexity index is 726. The molecular formula is C13H17BN2O7. The molecule has 1 unspecified atom stereocenters. The first-order chi connectivity index (χ1) is 10.8.